The quantitative estimate of drug-likeness (QED) is 0.224. The van der Waals surface area contributed by atoms with Gasteiger partial charge in [-0.2, -0.15) is 0 Å². The summed E-state index contributed by atoms with van der Waals surface area (Å²) in [6, 6.07) is 22.7. The molecule has 144 valence electrons. The highest BCUT2D eigenvalue weighted by Gasteiger charge is 2.15. The third kappa shape index (κ3) is 4.41. The second kappa shape index (κ2) is 8.80. The molecule has 2 aromatic heterocycles. The highest BCUT2D eigenvalue weighted by atomic mass is 32.1. The Morgan fingerprint density at radius 3 is 2.52 bits per heavy atom. The van der Waals surface area contributed by atoms with Crippen LogP contribution in [0.1, 0.15) is 32.9 Å². The molecular formula is C24H19NO3S. The molecule has 0 N–H and O–H groups in total. The Bertz CT molecular complexity index is 1140. The van der Waals surface area contributed by atoms with Crippen LogP contribution in [0.3, 0.4) is 0 Å². The highest BCUT2D eigenvalue weighted by Crippen LogP contribution is 2.25. The molecule has 0 atom stereocenters. The maximum absolute atomic E-state index is 12.8. The van der Waals surface area contributed by atoms with Crippen LogP contribution in [0.15, 0.2) is 78.2 Å². The standard InChI is InChI=1S/C24H19NO3S/c26-22(23-13-7-15-29-23)12-6-14-28-24(27)19-16-21(17-8-2-1-3-9-17)25-20-11-5-4-10-18(19)20/h1-5,7-11,13,15-16H,6,12,14H2. The van der Waals surface area contributed by atoms with Crippen LogP contribution in [0.25, 0.3) is 22.2 Å². The number of ketones is 1. The zero-order valence-electron chi connectivity index (χ0n) is 15.7. The zero-order chi connectivity index (χ0) is 20.1. The van der Waals surface area contributed by atoms with Crippen molar-refractivity contribution in [3.05, 3.63) is 88.6 Å². The van der Waals surface area contributed by atoms with Gasteiger partial charge < -0.3 is 4.74 Å². The van der Waals surface area contributed by atoms with E-state index < -0.39 is 5.97 Å². The third-order valence-electron chi connectivity index (χ3n) is 4.58. The number of ether oxygens (including phenoxy) is 1. The molecule has 0 radical (unpaired) electrons. The van der Waals surface area contributed by atoms with Crippen LogP contribution in [0.4, 0.5) is 0 Å². The van der Waals surface area contributed by atoms with Gasteiger partial charge in [-0.3, -0.25) is 4.79 Å². The van der Waals surface area contributed by atoms with Crippen molar-refractivity contribution in [2.45, 2.75) is 12.8 Å². The van der Waals surface area contributed by atoms with E-state index in [1.54, 1.807) is 6.07 Å². The summed E-state index contributed by atoms with van der Waals surface area (Å²) in [4.78, 5) is 30.3. The van der Waals surface area contributed by atoms with E-state index in [1.165, 1.54) is 11.3 Å². The number of rotatable bonds is 7. The van der Waals surface area contributed by atoms with Gasteiger partial charge in [0.15, 0.2) is 5.78 Å². The first-order chi connectivity index (χ1) is 14.2. The second-order valence-corrected chi connectivity index (χ2v) is 7.53. The van der Waals surface area contributed by atoms with Crippen molar-refractivity contribution in [3.8, 4) is 11.3 Å². The Morgan fingerprint density at radius 1 is 0.931 bits per heavy atom. The summed E-state index contributed by atoms with van der Waals surface area (Å²) in [5, 5.41) is 2.64. The molecule has 0 saturated carbocycles. The second-order valence-electron chi connectivity index (χ2n) is 6.58. The largest absolute Gasteiger partial charge is 0.462 e. The summed E-state index contributed by atoms with van der Waals surface area (Å²) in [6.07, 6.45) is 0.858. The number of pyridine rings is 1. The average molecular weight is 401 g/mol. The molecule has 0 aliphatic heterocycles. The van der Waals surface area contributed by atoms with Crippen LogP contribution in [0.5, 0.6) is 0 Å². The first-order valence-corrected chi connectivity index (χ1v) is 10.3. The number of esters is 1. The van der Waals surface area contributed by atoms with Gasteiger partial charge >= 0.3 is 5.97 Å². The number of benzene rings is 2. The van der Waals surface area contributed by atoms with E-state index in [-0.39, 0.29) is 12.4 Å². The van der Waals surface area contributed by atoms with Crippen molar-refractivity contribution in [2.75, 3.05) is 6.61 Å². The normalized spacial score (nSPS) is 10.8. The molecule has 0 aliphatic carbocycles. The number of thiophene rings is 1. The van der Waals surface area contributed by atoms with Crippen molar-refractivity contribution in [2.24, 2.45) is 0 Å². The monoisotopic (exact) mass is 401 g/mol. The van der Waals surface area contributed by atoms with Gasteiger partial charge in [0.1, 0.15) is 0 Å². The van der Waals surface area contributed by atoms with Gasteiger partial charge in [-0.25, -0.2) is 9.78 Å². The SMILES string of the molecule is O=C(CCCOC(=O)c1cc(-c2ccccc2)nc2ccccc12)c1cccs1. The molecule has 0 aliphatic rings. The number of carbonyl (C=O) groups is 2. The summed E-state index contributed by atoms with van der Waals surface area (Å²) >= 11 is 1.43. The van der Waals surface area contributed by atoms with Gasteiger partial charge in [-0.1, -0.05) is 54.6 Å². The topological polar surface area (TPSA) is 56.3 Å². The number of nitrogens with zero attached hydrogens (tertiary/aromatic N) is 1. The van der Waals surface area contributed by atoms with E-state index in [2.05, 4.69) is 4.98 Å². The van der Waals surface area contributed by atoms with E-state index in [0.29, 0.717) is 18.4 Å². The van der Waals surface area contributed by atoms with Crippen LogP contribution >= 0.6 is 11.3 Å². The molecule has 4 rings (SSSR count). The van der Waals surface area contributed by atoms with E-state index >= 15 is 0 Å². The molecule has 29 heavy (non-hydrogen) atoms. The Kier molecular flexibility index (Phi) is 5.77. The zero-order valence-corrected chi connectivity index (χ0v) is 16.5. The average Bonchev–Trinajstić information content (AvgIpc) is 3.31. The van der Waals surface area contributed by atoms with Crippen molar-refractivity contribution in [1.29, 1.82) is 0 Å². The number of hydrogen-bond donors (Lipinski definition) is 0. The fraction of sp³-hybridized carbons (Fsp3) is 0.125. The molecular weight excluding hydrogens is 382 g/mol. The van der Waals surface area contributed by atoms with Gasteiger partial charge in [-0.05, 0) is 30.0 Å². The molecule has 0 spiro atoms. The first-order valence-electron chi connectivity index (χ1n) is 9.41. The van der Waals surface area contributed by atoms with Crippen LogP contribution in [0, 0.1) is 0 Å². The van der Waals surface area contributed by atoms with Crippen molar-refractivity contribution in [1.82, 2.24) is 4.98 Å². The molecule has 0 bridgehead atoms. The molecule has 0 unspecified atom stereocenters. The Labute approximate surface area is 172 Å². The number of carbonyl (C=O) groups excluding carboxylic acids is 2. The van der Waals surface area contributed by atoms with Crippen LogP contribution in [-0.2, 0) is 4.74 Å². The molecule has 0 amide bonds. The molecule has 4 aromatic rings. The maximum Gasteiger partial charge on any atom is 0.338 e. The predicted molar refractivity (Wildman–Crippen MR) is 115 cm³/mol. The molecule has 2 aromatic carbocycles. The van der Waals surface area contributed by atoms with Gasteiger partial charge in [0.25, 0.3) is 0 Å². The minimum atomic E-state index is -0.399. The lowest BCUT2D eigenvalue weighted by Crippen LogP contribution is -2.09. The smallest absolute Gasteiger partial charge is 0.338 e. The number of fused-ring (bicyclic) bond motifs is 1. The summed E-state index contributed by atoms with van der Waals surface area (Å²) < 4.78 is 5.48. The fourth-order valence-electron chi connectivity index (χ4n) is 3.14. The first kappa shape index (κ1) is 19.0. The number of para-hydroxylation sites is 1. The van der Waals surface area contributed by atoms with Crippen molar-refractivity contribution < 1.29 is 14.3 Å². The predicted octanol–water partition coefficient (Wildman–Crippen LogP) is 5.78. The fourth-order valence-corrected chi connectivity index (χ4v) is 3.83. The summed E-state index contributed by atoms with van der Waals surface area (Å²) in [5.41, 5.74) is 2.89. The molecule has 4 nitrogen and oxygen atoms in total. The van der Waals surface area contributed by atoms with Gasteiger partial charge in [0, 0.05) is 17.4 Å². The lowest BCUT2D eigenvalue weighted by Gasteiger charge is -2.10. The number of Topliss-reactive ketones (excluding diaryl/α,β-unsaturated/α-hetero) is 1. The number of hydrogen-bond acceptors (Lipinski definition) is 5. The molecule has 5 heteroatoms. The Morgan fingerprint density at radius 2 is 1.72 bits per heavy atom. The van der Waals surface area contributed by atoms with Crippen LogP contribution in [-0.4, -0.2) is 23.3 Å². The van der Waals surface area contributed by atoms with Crippen molar-refractivity contribution >= 4 is 34.0 Å². The summed E-state index contributed by atoms with van der Waals surface area (Å²) in [5.74, 6) is -0.318. The molecule has 0 saturated heterocycles. The van der Waals surface area contributed by atoms with Gasteiger partial charge in [0.05, 0.1) is 28.3 Å². The lowest BCUT2D eigenvalue weighted by molar-refractivity contribution is 0.0496. The minimum absolute atomic E-state index is 0.0803. The summed E-state index contributed by atoms with van der Waals surface area (Å²) in [6.45, 7) is 0.202. The molecule has 0 fully saturated rings. The molecule has 2 heterocycles. The van der Waals surface area contributed by atoms with Crippen molar-refractivity contribution in [3.63, 3.8) is 0 Å². The minimum Gasteiger partial charge on any atom is -0.462 e. The highest BCUT2D eigenvalue weighted by molar-refractivity contribution is 7.12. The number of aromatic nitrogens is 1. The van der Waals surface area contributed by atoms with E-state index in [1.807, 2.05) is 72.1 Å². The lowest BCUT2D eigenvalue weighted by atomic mass is 10.0. The van der Waals surface area contributed by atoms with Gasteiger partial charge in [0.2, 0.25) is 0 Å². The summed E-state index contributed by atoms with van der Waals surface area (Å²) in [7, 11) is 0. The third-order valence-corrected chi connectivity index (χ3v) is 5.49. The van der Waals surface area contributed by atoms with Crippen LogP contribution < -0.4 is 0 Å². The maximum atomic E-state index is 12.8. The van der Waals surface area contributed by atoms with Crippen LogP contribution in [0.2, 0.25) is 0 Å². The van der Waals surface area contributed by atoms with Gasteiger partial charge in [-0.15, -0.1) is 11.3 Å². The van der Waals surface area contributed by atoms with E-state index in [0.717, 1.165) is 27.0 Å². The van der Waals surface area contributed by atoms with E-state index in [9.17, 15) is 9.59 Å². The Hall–Kier alpha value is -3.31. The van der Waals surface area contributed by atoms with E-state index in [4.69, 9.17) is 4.74 Å². The Balaban J connectivity index is 1.50.